The first kappa shape index (κ1) is 29.4. The van der Waals surface area contributed by atoms with Gasteiger partial charge in [-0.05, 0) is 43.2 Å². The molecule has 0 aliphatic carbocycles. The molecule has 0 radical (unpaired) electrons. The number of aryl methyl sites for hydroxylation is 1. The van der Waals surface area contributed by atoms with Crippen molar-refractivity contribution in [1.82, 2.24) is 9.88 Å². The normalized spacial score (nSPS) is 11.5. The summed E-state index contributed by atoms with van der Waals surface area (Å²) < 4.78 is 12.2. The molecule has 0 bridgehead atoms. The van der Waals surface area contributed by atoms with Crippen molar-refractivity contribution in [1.29, 1.82) is 0 Å². The fourth-order valence-corrected chi connectivity index (χ4v) is 4.40. The Bertz CT molecular complexity index is 1390. The number of halogens is 1. The Labute approximate surface area is 231 Å². The SMILES string of the molecule is CCCc1cn(Cc2c(Cl)cccc2OC)c(=O)c(NC(=O)N[C@@H](CC(=O)O)c2cccc(OCC)c2)c1O. The Balaban J connectivity index is 1.96. The van der Waals surface area contributed by atoms with Gasteiger partial charge in [0.15, 0.2) is 5.69 Å². The molecule has 0 unspecified atom stereocenters. The number of hydrogen-bond acceptors (Lipinski definition) is 6. The number of amides is 2. The molecular formula is C28H32ClN3O7. The number of rotatable bonds is 12. The van der Waals surface area contributed by atoms with Gasteiger partial charge in [-0.3, -0.25) is 9.59 Å². The second kappa shape index (κ2) is 13.6. The molecule has 11 heteroatoms. The Hall–Kier alpha value is -4.18. The van der Waals surface area contributed by atoms with Crippen LogP contribution < -0.4 is 25.7 Å². The van der Waals surface area contributed by atoms with Crippen LogP contribution in [0.4, 0.5) is 10.5 Å². The maximum atomic E-state index is 13.4. The number of urea groups is 1. The maximum Gasteiger partial charge on any atom is 0.319 e. The van der Waals surface area contributed by atoms with Crippen LogP contribution in [0.15, 0.2) is 53.5 Å². The fourth-order valence-electron chi connectivity index (χ4n) is 4.17. The maximum absolute atomic E-state index is 13.4. The number of benzene rings is 2. The van der Waals surface area contributed by atoms with Crippen molar-refractivity contribution in [2.24, 2.45) is 0 Å². The summed E-state index contributed by atoms with van der Waals surface area (Å²) in [5, 5.41) is 25.7. The molecular weight excluding hydrogens is 526 g/mol. The Morgan fingerprint density at radius 3 is 2.56 bits per heavy atom. The van der Waals surface area contributed by atoms with Crippen LogP contribution in [0.1, 0.15) is 49.4 Å². The molecule has 0 saturated heterocycles. The molecule has 0 fully saturated rings. The number of nitrogens with zero attached hydrogens (tertiary/aromatic N) is 1. The summed E-state index contributed by atoms with van der Waals surface area (Å²) in [5.74, 6) is -0.480. The lowest BCUT2D eigenvalue weighted by molar-refractivity contribution is -0.137. The summed E-state index contributed by atoms with van der Waals surface area (Å²) in [7, 11) is 1.49. The van der Waals surface area contributed by atoms with Gasteiger partial charge in [0.2, 0.25) is 0 Å². The molecule has 2 amide bonds. The average molecular weight is 558 g/mol. The van der Waals surface area contributed by atoms with Crippen LogP contribution in [-0.2, 0) is 17.8 Å². The number of methoxy groups -OCH3 is 1. The number of pyridine rings is 1. The van der Waals surface area contributed by atoms with Gasteiger partial charge < -0.3 is 34.9 Å². The van der Waals surface area contributed by atoms with Gasteiger partial charge in [0, 0.05) is 22.3 Å². The van der Waals surface area contributed by atoms with Gasteiger partial charge in [-0.15, -0.1) is 0 Å². The van der Waals surface area contributed by atoms with Gasteiger partial charge in [0.1, 0.15) is 17.2 Å². The van der Waals surface area contributed by atoms with Gasteiger partial charge in [-0.2, -0.15) is 0 Å². The predicted molar refractivity (Wildman–Crippen MR) is 148 cm³/mol. The molecule has 2 aromatic carbocycles. The van der Waals surface area contributed by atoms with E-state index in [1.165, 1.54) is 17.9 Å². The monoisotopic (exact) mass is 557 g/mol. The molecule has 39 heavy (non-hydrogen) atoms. The number of carboxylic acids is 1. The largest absolute Gasteiger partial charge is 0.505 e. The summed E-state index contributed by atoms with van der Waals surface area (Å²) >= 11 is 6.37. The van der Waals surface area contributed by atoms with E-state index in [0.29, 0.717) is 52.7 Å². The third-order valence-corrected chi connectivity index (χ3v) is 6.32. The molecule has 0 aliphatic heterocycles. The Morgan fingerprint density at radius 2 is 1.90 bits per heavy atom. The highest BCUT2D eigenvalue weighted by atomic mass is 35.5. The van der Waals surface area contributed by atoms with E-state index in [1.54, 1.807) is 42.5 Å². The van der Waals surface area contributed by atoms with E-state index in [9.17, 15) is 24.6 Å². The quantitative estimate of drug-likeness (QED) is 0.247. The molecule has 0 spiro atoms. The van der Waals surface area contributed by atoms with Gasteiger partial charge in [0.05, 0.1) is 32.7 Å². The summed E-state index contributed by atoms with van der Waals surface area (Å²) in [5.41, 5.74) is 0.512. The number of nitrogens with one attached hydrogen (secondary N) is 2. The van der Waals surface area contributed by atoms with Crippen molar-refractivity contribution in [3.05, 3.63) is 80.7 Å². The molecule has 1 aromatic heterocycles. The number of carbonyl (C=O) groups is 2. The first-order valence-corrected chi connectivity index (χ1v) is 12.8. The first-order chi connectivity index (χ1) is 18.7. The van der Waals surface area contributed by atoms with E-state index in [-0.39, 0.29) is 18.0 Å². The van der Waals surface area contributed by atoms with Crippen LogP contribution in [0, 0.1) is 0 Å². The van der Waals surface area contributed by atoms with Crippen LogP contribution in [0.3, 0.4) is 0 Å². The van der Waals surface area contributed by atoms with Crippen LogP contribution in [0.2, 0.25) is 5.02 Å². The number of hydrogen-bond donors (Lipinski definition) is 4. The smallest absolute Gasteiger partial charge is 0.319 e. The van der Waals surface area contributed by atoms with Crippen molar-refractivity contribution in [2.75, 3.05) is 19.0 Å². The van der Waals surface area contributed by atoms with Crippen molar-refractivity contribution in [2.45, 2.75) is 45.7 Å². The second-order valence-corrected chi connectivity index (χ2v) is 9.14. The summed E-state index contributed by atoms with van der Waals surface area (Å²) in [6, 6.07) is 10.0. The number of aliphatic carboxylic acids is 1. The van der Waals surface area contributed by atoms with Crippen molar-refractivity contribution < 1.29 is 29.3 Å². The lowest BCUT2D eigenvalue weighted by Crippen LogP contribution is -2.36. The number of carboxylic acid groups (broad SMARTS) is 1. The molecule has 3 rings (SSSR count). The number of aromatic nitrogens is 1. The molecule has 1 atom stereocenters. The number of anilines is 1. The third-order valence-electron chi connectivity index (χ3n) is 5.97. The number of aromatic hydroxyl groups is 1. The van der Waals surface area contributed by atoms with Crippen molar-refractivity contribution in [3.8, 4) is 17.2 Å². The van der Waals surface area contributed by atoms with Crippen LogP contribution >= 0.6 is 11.6 Å². The minimum Gasteiger partial charge on any atom is -0.505 e. The zero-order valence-electron chi connectivity index (χ0n) is 22.0. The zero-order chi connectivity index (χ0) is 28.5. The number of carbonyl (C=O) groups excluding carboxylic acids is 1. The van der Waals surface area contributed by atoms with E-state index in [0.717, 1.165) is 0 Å². The highest BCUT2D eigenvalue weighted by Crippen LogP contribution is 2.30. The molecule has 4 N–H and O–H groups in total. The molecule has 10 nitrogen and oxygen atoms in total. The van der Waals surface area contributed by atoms with E-state index in [4.69, 9.17) is 21.1 Å². The minimum absolute atomic E-state index is 0.0286. The highest BCUT2D eigenvalue weighted by molar-refractivity contribution is 6.31. The zero-order valence-corrected chi connectivity index (χ0v) is 22.7. The molecule has 1 heterocycles. The van der Waals surface area contributed by atoms with Gasteiger partial charge in [-0.25, -0.2) is 4.79 Å². The summed E-state index contributed by atoms with van der Waals surface area (Å²) in [4.78, 5) is 38.0. The van der Waals surface area contributed by atoms with Crippen LogP contribution in [0.5, 0.6) is 17.2 Å². The second-order valence-electron chi connectivity index (χ2n) is 8.74. The molecule has 0 aliphatic rings. The minimum atomic E-state index is -1.13. The van der Waals surface area contributed by atoms with E-state index in [2.05, 4.69) is 10.6 Å². The highest BCUT2D eigenvalue weighted by Gasteiger charge is 2.23. The molecule has 208 valence electrons. The first-order valence-electron chi connectivity index (χ1n) is 12.5. The average Bonchev–Trinajstić information content (AvgIpc) is 2.90. The van der Waals surface area contributed by atoms with Crippen molar-refractivity contribution >= 4 is 29.3 Å². The topological polar surface area (TPSA) is 139 Å². The Morgan fingerprint density at radius 1 is 1.15 bits per heavy atom. The van der Waals surface area contributed by atoms with Gasteiger partial charge in [0.25, 0.3) is 5.56 Å². The van der Waals surface area contributed by atoms with Crippen LogP contribution in [-0.4, -0.2) is 40.5 Å². The van der Waals surface area contributed by atoms with E-state index >= 15 is 0 Å². The number of ether oxygens (including phenoxy) is 2. The summed E-state index contributed by atoms with van der Waals surface area (Å²) in [6.07, 6.45) is 2.22. The van der Waals surface area contributed by atoms with Crippen LogP contribution in [0.25, 0.3) is 0 Å². The molecule has 0 saturated carbocycles. The van der Waals surface area contributed by atoms with E-state index in [1.807, 2.05) is 13.8 Å². The van der Waals surface area contributed by atoms with Gasteiger partial charge >= 0.3 is 12.0 Å². The fraction of sp³-hybridized carbons (Fsp3) is 0.321. The predicted octanol–water partition coefficient (Wildman–Crippen LogP) is 4.95. The van der Waals surface area contributed by atoms with Gasteiger partial charge in [-0.1, -0.05) is 43.1 Å². The third kappa shape index (κ3) is 7.44. The standard InChI is InChI=1S/C28H32ClN3O7/c1-4-8-18-15-32(16-20-21(29)11-7-12-23(20)38-3)27(36)25(26(18)35)31-28(37)30-22(14-24(33)34)17-9-6-10-19(13-17)39-5-2/h6-7,9-13,15,22,35H,4-5,8,14,16H2,1-3H3,(H,33,34)(H2,30,31,37)/t22-/m0/s1. The van der Waals surface area contributed by atoms with E-state index < -0.39 is 30.0 Å². The lowest BCUT2D eigenvalue weighted by Gasteiger charge is -2.20. The Kier molecular flexibility index (Phi) is 10.2. The lowest BCUT2D eigenvalue weighted by atomic mass is 10.0. The summed E-state index contributed by atoms with van der Waals surface area (Å²) in [6.45, 7) is 4.18. The molecule has 3 aromatic rings. The van der Waals surface area contributed by atoms with Crippen molar-refractivity contribution in [3.63, 3.8) is 0 Å².